The van der Waals surface area contributed by atoms with Crippen LogP contribution >= 0.6 is 0 Å². The Morgan fingerprint density at radius 2 is 1.80 bits per heavy atom. The highest BCUT2D eigenvalue weighted by atomic mass is 32.2. The Morgan fingerprint density at radius 3 is 2.42 bits per heavy atom. The lowest BCUT2D eigenvalue weighted by molar-refractivity contribution is -0.131. The predicted octanol–water partition coefficient (Wildman–Crippen LogP) is 2.20. The summed E-state index contributed by atoms with van der Waals surface area (Å²) >= 11 is 0. The topological polar surface area (TPSA) is 160 Å². The van der Waals surface area contributed by atoms with Gasteiger partial charge in [0.2, 0.25) is 0 Å². The molecule has 1 amide bonds. The van der Waals surface area contributed by atoms with Gasteiger partial charge in [-0.1, -0.05) is 18.2 Å². The van der Waals surface area contributed by atoms with Crippen LogP contribution in [0.2, 0.25) is 0 Å². The van der Waals surface area contributed by atoms with Crippen molar-refractivity contribution in [2.24, 2.45) is 0 Å². The summed E-state index contributed by atoms with van der Waals surface area (Å²) < 4.78 is 35.5. The zero-order valence-electron chi connectivity index (χ0n) is 22.7. The molecule has 0 radical (unpaired) electrons. The lowest BCUT2D eigenvalue weighted by Gasteiger charge is -2.26. The Balaban J connectivity index is 0.00000141. The van der Waals surface area contributed by atoms with E-state index in [0.29, 0.717) is 6.61 Å². The summed E-state index contributed by atoms with van der Waals surface area (Å²) in [7, 11) is -3.77. The average molecular weight is 577 g/mol. The van der Waals surface area contributed by atoms with Crippen LogP contribution < -0.4 is 10.2 Å². The van der Waals surface area contributed by atoms with Crippen molar-refractivity contribution in [2.75, 3.05) is 45.7 Å². The molecule has 40 heavy (non-hydrogen) atoms. The molecule has 1 fully saturated rings. The lowest BCUT2D eigenvalue weighted by atomic mass is 10.0. The van der Waals surface area contributed by atoms with E-state index < -0.39 is 20.5 Å². The van der Waals surface area contributed by atoms with Gasteiger partial charge in [0, 0.05) is 44.0 Å². The highest BCUT2D eigenvalue weighted by Gasteiger charge is 2.43. The number of carboxylic acid groups (broad SMARTS) is 1. The molecular weight excluding hydrogens is 540 g/mol. The van der Waals surface area contributed by atoms with Gasteiger partial charge in [0.05, 0.1) is 25.3 Å². The molecular formula is C27H36N4O8S. The number of aryl methyl sites for hydroxylation is 1. The Labute approximate surface area is 233 Å². The minimum absolute atomic E-state index is 0.0347. The van der Waals surface area contributed by atoms with E-state index in [4.69, 9.17) is 24.6 Å². The van der Waals surface area contributed by atoms with E-state index >= 15 is 0 Å². The number of fused-ring (bicyclic) bond motifs is 1. The maximum atomic E-state index is 12.2. The molecule has 1 aromatic heterocycles. The second kappa shape index (κ2) is 14.2. The van der Waals surface area contributed by atoms with Gasteiger partial charge in [0.25, 0.3) is 12.4 Å². The van der Waals surface area contributed by atoms with Crippen LogP contribution in [0.25, 0.3) is 22.0 Å². The number of morpholine rings is 1. The van der Waals surface area contributed by atoms with Crippen molar-refractivity contribution in [3.63, 3.8) is 0 Å². The number of carbonyl (C=O) groups is 2. The summed E-state index contributed by atoms with van der Waals surface area (Å²) in [5.41, 5.74) is 4.29. The smallest absolute Gasteiger partial charge is 0.290 e. The number of nitrogens with zero attached hydrogens (tertiary/aromatic N) is 3. The number of amides is 1. The van der Waals surface area contributed by atoms with E-state index in [1.54, 1.807) is 4.68 Å². The number of benzene rings is 2. The van der Waals surface area contributed by atoms with Crippen LogP contribution in [0.1, 0.15) is 19.8 Å². The highest BCUT2D eigenvalue weighted by molar-refractivity contribution is 7.92. The molecule has 3 aromatic rings. The van der Waals surface area contributed by atoms with Gasteiger partial charge in [-0.3, -0.25) is 24.4 Å². The molecule has 2 heterocycles. The van der Waals surface area contributed by atoms with Crippen molar-refractivity contribution in [1.29, 1.82) is 0 Å². The molecule has 0 spiro atoms. The molecule has 0 bridgehead atoms. The first-order valence-corrected chi connectivity index (χ1v) is 14.7. The summed E-state index contributed by atoms with van der Waals surface area (Å²) in [5.74, 6) is -0.126. The second-order valence-electron chi connectivity index (χ2n) is 9.65. The monoisotopic (exact) mass is 576 g/mol. The fourth-order valence-electron chi connectivity index (χ4n) is 4.33. The summed E-state index contributed by atoms with van der Waals surface area (Å²) in [6, 6.07) is 13.9. The largest absolute Gasteiger partial charge is 0.494 e. The van der Waals surface area contributed by atoms with Crippen molar-refractivity contribution in [3.8, 4) is 16.9 Å². The molecule has 1 saturated heterocycles. The van der Waals surface area contributed by atoms with Gasteiger partial charge in [0.15, 0.2) is 14.6 Å². The van der Waals surface area contributed by atoms with Crippen molar-refractivity contribution in [1.82, 2.24) is 20.2 Å². The number of hydroxylamine groups is 1. The van der Waals surface area contributed by atoms with Crippen molar-refractivity contribution < 1.29 is 37.8 Å². The van der Waals surface area contributed by atoms with Gasteiger partial charge in [-0.05, 0) is 55.2 Å². The van der Waals surface area contributed by atoms with Gasteiger partial charge in [-0.15, -0.1) is 0 Å². The van der Waals surface area contributed by atoms with Crippen LogP contribution in [-0.4, -0.2) is 96.2 Å². The van der Waals surface area contributed by atoms with Crippen LogP contribution in [0, 0.1) is 0 Å². The zero-order valence-corrected chi connectivity index (χ0v) is 23.5. The summed E-state index contributed by atoms with van der Waals surface area (Å²) in [5, 5.41) is 21.3. The third-order valence-electron chi connectivity index (χ3n) is 6.95. The number of aromatic nitrogens is 2. The Kier molecular flexibility index (Phi) is 11.0. The third-order valence-corrected chi connectivity index (χ3v) is 8.98. The maximum Gasteiger partial charge on any atom is 0.290 e. The molecule has 218 valence electrons. The van der Waals surface area contributed by atoms with Gasteiger partial charge in [-0.2, -0.15) is 5.10 Å². The molecule has 3 N–H and O–H groups in total. The molecule has 1 unspecified atom stereocenters. The van der Waals surface area contributed by atoms with Crippen molar-refractivity contribution in [3.05, 3.63) is 48.7 Å². The fraction of sp³-hybridized carbons (Fsp3) is 0.444. The Bertz CT molecular complexity index is 1370. The number of carbonyl (C=O) groups excluding carboxylic acids is 1. The Morgan fingerprint density at radius 1 is 1.15 bits per heavy atom. The van der Waals surface area contributed by atoms with E-state index in [1.165, 1.54) is 12.4 Å². The normalized spacial score (nSPS) is 15.5. The SMILES string of the molecule is CC(CCn1cc2cc(-c3ccc(OCCCN4CCOCC4)cc3)ccc2n1)(C(=O)NO)S(C)(=O)=O.O=CO. The number of rotatable bonds is 11. The molecule has 1 aliphatic heterocycles. The highest BCUT2D eigenvalue weighted by Crippen LogP contribution is 2.27. The zero-order chi connectivity index (χ0) is 29.2. The van der Waals surface area contributed by atoms with Crippen LogP contribution in [0.4, 0.5) is 0 Å². The molecule has 4 rings (SSSR count). The molecule has 1 atom stereocenters. The summed E-state index contributed by atoms with van der Waals surface area (Å²) in [4.78, 5) is 22.8. The van der Waals surface area contributed by atoms with Gasteiger partial charge in [-0.25, -0.2) is 13.9 Å². The van der Waals surface area contributed by atoms with Gasteiger partial charge in [0.1, 0.15) is 5.75 Å². The quantitative estimate of drug-likeness (QED) is 0.134. The number of hydrogen-bond donors (Lipinski definition) is 3. The minimum Gasteiger partial charge on any atom is -0.494 e. The van der Waals surface area contributed by atoms with Crippen molar-refractivity contribution in [2.45, 2.75) is 31.1 Å². The number of hydrogen-bond acceptors (Lipinski definition) is 9. The molecule has 12 nitrogen and oxygen atoms in total. The van der Waals surface area contributed by atoms with E-state index in [0.717, 1.165) is 73.3 Å². The van der Waals surface area contributed by atoms with Gasteiger partial charge >= 0.3 is 0 Å². The standard InChI is InChI=1S/C26H34N4O6S.CH2O2/c1-26(25(31)28-32,37(2,33)34)10-12-30-19-22-18-21(6-9-24(22)27-30)20-4-7-23(8-5-20)36-15-3-11-29-13-16-35-17-14-29;2-1-3/h4-9,18-19,32H,3,10-17H2,1-2H3,(H,28,31);1H,(H,2,3). The average Bonchev–Trinajstić information content (AvgIpc) is 3.36. The van der Waals surface area contributed by atoms with Crippen LogP contribution in [0.3, 0.4) is 0 Å². The van der Waals surface area contributed by atoms with E-state index in [-0.39, 0.29) is 19.4 Å². The number of ether oxygens (including phenoxy) is 2. The van der Waals surface area contributed by atoms with E-state index in [2.05, 4.69) is 10.00 Å². The first kappa shape index (κ1) is 31.0. The van der Waals surface area contributed by atoms with Gasteiger partial charge < -0.3 is 14.6 Å². The minimum atomic E-state index is -3.77. The fourth-order valence-corrected chi connectivity index (χ4v) is 5.18. The first-order chi connectivity index (χ1) is 19.1. The first-order valence-electron chi connectivity index (χ1n) is 12.8. The molecule has 1 aliphatic rings. The third kappa shape index (κ3) is 8.01. The van der Waals surface area contributed by atoms with Crippen LogP contribution in [0.15, 0.2) is 48.7 Å². The number of nitrogens with one attached hydrogen (secondary N) is 1. The van der Waals surface area contributed by atoms with Crippen LogP contribution in [0.5, 0.6) is 5.75 Å². The summed E-state index contributed by atoms with van der Waals surface area (Å²) in [6.45, 7) is 6.50. The maximum absolute atomic E-state index is 12.2. The lowest BCUT2D eigenvalue weighted by Crippen LogP contribution is -2.49. The molecule has 0 aliphatic carbocycles. The van der Waals surface area contributed by atoms with E-state index in [9.17, 15) is 13.2 Å². The molecule has 13 heteroatoms. The van der Waals surface area contributed by atoms with E-state index in [1.807, 2.05) is 48.7 Å². The summed E-state index contributed by atoms with van der Waals surface area (Å²) in [6.07, 6.45) is 3.74. The predicted molar refractivity (Wildman–Crippen MR) is 149 cm³/mol. The molecule has 0 saturated carbocycles. The Hall–Kier alpha value is -3.52. The second-order valence-corrected chi connectivity index (χ2v) is 12.1. The number of sulfone groups is 1. The molecule has 2 aromatic carbocycles. The van der Waals surface area contributed by atoms with Crippen LogP contribution in [-0.2, 0) is 30.7 Å². The van der Waals surface area contributed by atoms with Crippen molar-refractivity contribution >= 4 is 33.1 Å².